The number of sulfonamides is 1. The molecule has 0 aliphatic carbocycles. The first-order valence-electron chi connectivity index (χ1n) is 9.47. The number of halogens is 5. The van der Waals surface area contributed by atoms with E-state index in [1.54, 1.807) is 24.4 Å². The summed E-state index contributed by atoms with van der Waals surface area (Å²) in [6, 6.07) is 15.0. The van der Waals surface area contributed by atoms with Crippen LogP contribution in [0.4, 0.5) is 8.78 Å². The van der Waals surface area contributed by atoms with Crippen molar-refractivity contribution in [2.45, 2.75) is 29.1 Å². The van der Waals surface area contributed by atoms with E-state index in [1.807, 2.05) is 24.3 Å². The van der Waals surface area contributed by atoms with E-state index in [2.05, 4.69) is 4.98 Å². The van der Waals surface area contributed by atoms with Gasteiger partial charge in [-0.15, -0.1) is 35.6 Å². The SMILES string of the molecule is Cl.O=S(=O)(c1ccc(F)cc1F)N(CCc1ccccc1CC(Cl)Cl)Cc1ccccn1. The van der Waals surface area contributed by atoms with Gasteiger partial charge in [-0.05, 0) is 41.8 Å². The second-order valence-corrected chi connectivity index (χ2v) is 10.0. The normalized spacial score (nSPS) is 11.6. The van der Waals surface area contributed by atoms with Crippen LogP contribution in [-0.4, -0.2) is 29.1 Å². The molecule has 0 aliphatic heterocycles. The molecule has 0 saturated heterocycles. The minimum absolute atomic E-state index is 0. The molecule has 2 aromatic carbocycles. The van der Waals surface area contributed by atoms with Crippen LogP contribution in [0, 0.1) is 11.6 Å². The second kappa shape index (κ2) is 11.9. The van der Waals surface area contributed by atoms with Gasteiger partial charge in [-0.25, -0.2) is 17.2 Å². The lowest BCUT2D eigenvalue weighted by molar-refractivity contribution is 0.401. The maximum Gasteiger partial charge on any atom is 0.246 e. The van der Waals surface area contributed by atoms with Crippen molar-refractivity contribution in [1.29, 1.82) is 0 Å². The molecular formula is C22H21Cl3F2N2O2S. The van der Waals surface area contributed by atoms with Gasteiger partial charge in [0.1, 0.15) is 21.4 Å². The van der Waals surface area contributed by atoms with Crippen molar-refractivity contribution in [2.24, 2.45) is 0 Å². The predicted molar refractivity (Wildman–Crippen MR) is 125 cm³/mol. The highest BCUT2D eigenvalue weighted by Crippen LogP contribution is 2.23. The first-order valence-corrected chi connectivity index (χ1v) is 11.8. The van der Waals surface area contributed by atoms with Gasteiger partial charge in [-0.3, -0.25) is 4.98 Å². The Balaban J connectivity index is 0.00000363. The Bertz CT molecular complexity index is 1130. The molecule has 172 valence electrons. The van der Waals surface area contributed by atoms with Crippen molar-refractivity contribution in [3.63, 3.8) is 0 Å². The largest absolute Gasteiger partial charge is 0.260 e. The number of nitrogens with zero attached hydrogens (tertiary/aromatic N) is 2. The Morgan fingerprint density at radius 3 is 2.28 bits per heavy atom. The second-order valence-electron chi connectivity index (χ2n) is 6.85. The lowest BCUT2D eigenvalue weighted by atomic mass is 10.0. The smallest absolute Gasteiger partial charge is 0.246 e. The molecule has 0 amide bonds. The van der Waals surface area contributed by atoms with Gasteiger partial charge in [-0.1, -0.05) is 30.3 Å². The van der Waals surface area contributed by atoms with E-state index in [0.717, 1.165) is 27.6 Å². The van der Waals surface area contributed by atoms with Crippen LogP contribution >= 0.6 is 35.6 Å². The molecule has 0 saturated carbocycles. The van der Waals surface area contributed by atoms with Crippen molar-refractivity contribution < 1.29 is 17.2 Å². The first kappa shape index (κ1) is 26.5. The Morgan fingerprint density at radius 2 is 1.66 bits per heavy atom. The summed E-state index contributed by atoms with van der Waals surface area (Å²) in [5, 5.41) is 0. The highest BCUT2D eigenvalue weighted by molar-refractivity contribution is 7.89. The van der Waals surface area contributed by atoms with Gasteiger partial charge in [-0.2, -0.15) is 4.31 Å². The summed E-state index contributed by atoms with van der Waals surface area (Å²) in [6.07, 6.45) is 2.32. The predicted octanol–water partition coefficient (Wildman–Crippen LogP) is 5.56. The van der Waals surface area contributed by atoms with Crippen LogP contribution in [0.25, 0.3) is 0 Å². The number of hydrogen-bond donors (Lipinski definition) is 0. The lowest BCUT2D eigenvalue weighted by Gasteiger charge is -2.23. The average molecular weight is 522 g/mol. The molecule has 0 bridgehead atoms. The molecule has 0 spiro atoms. The molecule has 1 aromatic heterocycles. The van der Waals surface area contributed by atoms with Gasteiger partial charge in [0.15, 0.2) is 0 Å². The van der Waals surface area contributed by atoms with Gasteiger partial charge in [0.05, 0.1) is 12.2 Å². The van der Waals surface area contributed by atoms with Gasteiger partial charge in [0, 0.05) is 25.2 Å². The fourth-order valence-corrected chi connectivity index (χ4v) is 4.98. The molecule has 0 radical (unpaired) electrons. The van der Waals surface area contributed by atoms with E-state index in [4.69, 9.17) is 23.2 Å². The fourth-order valence-electron chi connectivity index (χ4n) is 3.19. The van der Waals surface area contributed by atoms with Crippen LogP contribution in [0.3, 0.4) is 0 Å². The van der Waals surface area contributed by atoms with Gasteiger partial charge in [0.25, 0.3) is 0 Å². The Labute approximate surface area is 202 Å². The Kier molecular flexibility index (Phi) is 9.85. The summed E-state index contributed by atoms with van der Waals surface area (Å²) < 4.78 is 55.3. The molecule has 4 nitrogen and oxygen atoms in total. The molecule has 3 aromatic rings. The summed E-state index contributed by atoms with van der Waals surface area (Å²) >= 11 is 11.8. The fraction of sp³-hybridized carbons (Fsp3) is 0.227. The van der Waals surface area contributed by atoms with E-state index < -0.39 is 31.4 Å². The first-order chi connectivity index (χ1) is 14.8. The van der Waals surface area contributed by atoms with Crippen molar-refractivity contribution in [3.8, 4) is 0 Å². The zero-order valence-corrected chi connectivity index (χ0v) is 19.9. The quantitative estimate of drug-likeness (QED) is 0.346. The monoisotopic (exact) mass is 520 g/mol. The number of alkyl halides is 2. The summed E-state index contributed by atoms with van der Waals surface area (Å²) in [7, 11) is -4.25. The molecule has 0 aliphatic rings. The topological polar surface area (TPSA) is 50.3 Å². The minimum Gasteiger partial charge on any atom is -0.260 e. The highest BCUT2D eigenvalue weighted by Gasteiger charge is 2.28. The van der Waals surface area contributed by atoms with Crippen LogP contribution in [-0.2, 0) is 29.4 Å². The zero-order chi connectivity index (χ0) is 22.4. The minimum atomic E-state index is -4.25. The molecule has 0 N–H and O–H groups in total. The highest BCUT2D eigenvalue weighted by atomic mass is 35.5. The van der Waals surface area contributed by atoms with Crippen molar-refractivity contribution in [1.82, 2.24) is 9.29 Å². The molecule has 3 rings (SSSR count). The standard InChI is InChI=1S/C22H20Cl2F2N2O2S.ClH/c23-22(24)13-17-6-2-1-5-16(17)10-12-28(15-19-7-3-4-11-27-19)31(29,30)21-9-8-18(25)14-20(21)26;/h1-9,11,14,22H,10,12-13,15H2;1H. The molecule has 0 fully saturated rings. The van der Waals surface area contributed by atoms with E-state index in [0.29, 0.717) is 24.6 Å². The van der Waals surface area contributed by atoms with E-state index in [9.17, 15) is 17.2 Å². The number of hydrogen-bond acceptors (Lipinski definition) is 3. The Hall–Kier alpha value is -1.77. The maximum absolute atomic E-state index is 14.3. The average Bonchev–Trinajstić information content (AvgIpc) is 2.72. The summed E-state index contributed by atoms with van der Waals surface area (Å²) in [5.41, 5.74) is 2.29. The molecule has 10 heteroatoms. The molecule has 0 atom stereocenters. The maximum atomic E-state index is 14.3. The van der Waals surface area contributed by atoms with Crippen LogP contribution in [0.15, 0.2) is 71.8 Å². The van der Waals surface area contributed by atoms with Crippen molar-refractivity contribution in [3.05, 3.63) is 95.3 Å². The summed E-state index contributed by atoms with van der Waals surface area (Å²) in [4.78, 5) is 3.00. The zero-order valence-electron chi connectivity index (χ0n) is 16.8. The van der Waals surface area contributed by atoms with E-state index >= 15 is 0 Å². The van der Waals surface area contributed by atoms with Crippen LogP contribution < -0.4 is 0 Å². The Morgan fingerprint density at radius 1 is 0.969 bits per heavy atom. The summed E-state index contributed by atoms with van der Waals surface area (Å²) in [5.74, 6) is -1.99. The number of aromatic nitrogens is 1. The van der Waals surface area contributed by atoms with E-state index in [-0.39, 0.29) is 25.5 Å². The number of rotatable bonds is 9. The molecular weight excluding hydrogens is 501 g/mol. The third-order valence-corrected chi connectivity index (χ3v) is 6.89. The number of benzene rings is 2. The van der Waals surface area contributed by atoms with Crippen LogP contribution in [0.1, 0.15) is 16.8 Å². The number of pyridine rings is 1. The van der Waals surface area contributed by atoms with Gasteiger partial charge in [0.2, 0.25) is 10.0 Å². The van der Waals surface area contributed by atoms with Gasteiger partial charge >= 0.3 is 0 Å². The lowest BCUT2D eigenvalue weighted by Crippen LogP contribution is -2.33. The molecule has 0 unspecified atom stereocenters. The van der Waals surface area contributed by atoms with E-state index in [1.165, 1.54) is 0 Å². The molecule has 32 heavy (non-hydrogen) atoms. The summed E-state index contributed by atoms with van der Waals surface area (Å²) in [6.45, 7) is -0.00221. The van der Waals surface area contributed by atoms with Crippen molar-refractivity contribution >= 4 is 45.6 Å². The van der Waals surface area contributed by atoms with Crippen molar-refractivity contribution in [2.75, 3.05) is 6.54 Å². The third kappa shape index (κ3) is 6.86. The van der Waals surface area contributed by atoms with Crippen LogP contribution in [0.5, 0.6) is 0 Å². The third-order valence-electron chi connectivity index (χ3n) is 4.70. The van der Waals surface area contributed by atoms with Crippen LogP contribution in [0.2, 0.25) is 0 Å². The molecule has 1 heterocycles. The van der Waals surface area contributed by atoms with Gasteiger partial charge < -0.3 is 0 Å².